The van der Waals surface area contributed by atoms with Crippen molar-refractivity contribution in [3.05, 3.63) is 83.1 Å². The topological polar surface area (TPSA) is 51.0 Å². The highest BCUT2D eigenvalue weighted by molar-refractivity contribution is 5.29. The van der Waals surface area contributed by atoms with Gasteiger partial charge in [0.25, 0.3) is 0 Å². The number of nitrogens with zero attached hydrogens (tertiary/aromatic N) is 2. The number of hydrogen-bond donors (Lipinski definition) is 1. The Morgan fingerprint density at radius 2 is 1.54 bits per heavy atom. The van der Waals surface area contributed by atoms with Gasteiger partial charge < -0.3 is 9.73 Å². The van der Waals surface area contributed by atoms with Crippen LogP contribution in [0.2, 0.25) is 0 Å². The first-order valence-corrected chi connectivity index (χ1v) is 10.0. The van der Waals surface area contributed by atoms with Crippen LogP contribution in [0.5, 0.6) is 0 Å². The van der Waals surface area contributed by atoms with Crippen LogP contribution < -0.4 is 5.32 Å². The zero-order chi connectivity index (χ0) is 20.1. The molecule has 0 radical (unpaired) electrons. The van der Waals surface area contributed by atoms with Gasteiger partial charge in [0.1, 0.15) is 0 Å². The van der Waals surface area contributed by atoms with Crippen molar-refractivity contribution in [2.45, 2.75) is 59.0 Å². The predicted octanol–water partition coefficient (Wildman–Crippen LogP) is 5.44. The first-order valence-electron chi connectivity index (χ1n) is 10.0. The molecule has 1 atom stereocenters. The van der Waals surface area contributed by atoms with Gasteiger partial charge in [-0.2, -0.15) is 0 Å². The normalized spacial score (nSPS) is 13.1. The highest BCUT2D eigenvalue weighted by atomic mass is 16.4. The van der Waals surface area contributed by atoms with Crippen molar-refractivity contribution in [1.82, 2.24) is 15.5 Å². The summed E-state index contributed by atoms with van der Waals surface area (Å²) in [5, 5.41) is 12.0. The van der Waals surface area contributed by atoms with Crippen LogP contribution in [0, 0.1) is 5.92 Å². The van der Waals surface area contributed by atoms with Gasteiger partial charge >= 0.3 is 0 Å². The maximum Gasteiger partial charge on any atom is 0.230 e. The third kappa shape index (κ3) is 5.29. The van der Waals surface area contributed by atoms with Crippen LogP contribution in [0.25, 0.3) is 0 Å². The van der Waals surface area contributed by atoms with Crippen molar-refractivity contribution in [2.24, 2.45) is 5.92 Å². The van der Waals surface area contributed by atoms with Crippen LogP contribution in [-0.2, 0) is 18.4 Å². The van der Waals surface area contributed by atoms with Crippen molar-refractivity contribution >= 4 is 0 Å². The van der Waals surface area contributed by atoms with Gasteiger partial charge in [0.15, 0.2) is 0 Å². The Kier molecular flexibility index (Phi) is 6.30. The molecule has 4 heteroatoms. The zero-order valence-electron chi connectivity index (χ0n) is 17.6. The van der Waals surface area contributed by atoms with Gasteiger partial charge in [-0.3, -0.25) is 0 Å². The van der Waals surface area contributed by atoms with Crippen LogP contribution in [0.3, 0.4) is 0 Å². The minimum atomic E-state index is 0.165. The highest BCUT2D eigenvalue weighted by Crippen LogP contribution is 2.27. The van der Waals surface area contributed by atoms with Crippen molar-refractivity contribution in [2.75, 3.05) is 0 Å². The summed E-state index contributed by atoms with van der Waals surface area (Å²) in [6.45, 7) is 11.7. The predicted molar refractivity (Wildman–Crippen MR) is 113 cm³/mol. The Labute approximate surface area is 168 Å². The number of benzene rings is 2. The van der Waals surface area contributed by atoms with Gasteiger partial charge in [0, 0.05) is 6.04 Å². The van der Waals surface area contributed by atoms with E-state index >= 15 is 0 Å². The minimum absolute atomic E-state index is 0.165. The van der Waals surface area contributed by atoms with Gasteiger partial charge in [-0.15, -0.1) is 10.2 Å². The molecule has 4 nitrogen and oxygen atoms in total. The third-order valence-corrected chi connectivity index (χ3v) is 4.98. The maximum absolute atomic E-state index is 5.83. The highest BCUT2D eigenvalue weighted by Gasteiger charge is 2.19. The molecule has 2 aromatic carbocycles. The second kappa shape index (κ2) is 8.70. The molecule has 1 N–H and O–H groups in total. The van der Waals surface area contributed by atoms with Gasteiger partial charge in [-0.25, -0.2) is 0 Å². The van der Waals surface area contributed by atoms with Crippen molar-refractivity contribution in [3.63, 3.8) is 0 Å². The Morgan fingerprint density at radius 3 is 2.14 bits per heavy atom. The van der Waals surface area contributed by atoms with Crippen LogP contribution in [0.15, 0.2) is 59.0 Å². The Balaban J connectivity index is 1.64. The van der Waals surface area contributed by atoms with E-state index in [-0.39, 0.29) is 11.5 Å². The van der Waals surface area contributed by atoms with Gasteiger partial charge in [-0.1, -0.05) is 89.2 Å². The van der Waals surface area contributed by atoms with E-state index in [0.717, 1.165) is 0 Å². The lowest BCUT2D eigenvalue weighted by Crippen LogP contribution is -2.25. The molecule has 0 aliphatic carbocycles. The molecule has 3 aromatic rings. The lowest BCUT2D eigenvalue weighted by atomic mass is 9.85. The Morgan fingerprint density at radius 1 is 0.893 bits per heavy atom. The number of hydrogen-bond acceptors (Lipinski definition) is 4. The quantitative estimate of drug-likeness (QED) is 0.595. The summed E-state index contributed by atoms with van der Waals surface area (Å²) in [6, 6.07) is 19.3. The van der Waals surface area contributed by atoms with E-state index in [0.29, 0.717) is 30.7 Å². The molecule has 1 heterocycles. The molecule has 0 fully saturated rings. The lowest BCUT2D eigenvalue weighted by molar-refractivity contribution is 0.371. The fourth-order valence-electron chi connectivity index (χ4n) is 3.33. The summed E-state index contributed by atoms with van der Waals surface area (Å²) >= 11 is 0. The summed E-state index contributed by atoms with van der Waals surface area (Å²) in [7, 11) is 0. The van der Waals surface area contributed by atoms with Crippen LogP contribution in [0.1, 0.15) is 69.1 Å². The van der Waals surface area contributed by atoms with Crippen LogP contribution in [0.4, 0.5) is 0 Å². The first kappa shape index (κ1) is 20.3. The van der Waals surface area contributed by atoms with E-state index in [4.69, 9.17) is 4.42 Å². The van der Waals surface area contributed by atoms with Crippen LogP contribution >= 0.6 is 0 Å². The van der Waals surface area contributed by atoms with Crippen molar-refractivity contribution in [1.29, 1.82) is 0 Å². The fraction of sp³-hybridized carbons (Fsp3) is 0.417. The molecule has 1 unspecified atom stereocenters. The standard InChI is InChI=1S/C24H31N3O/c1-17(2)23(19-11-13-20(14-12-19)24(3,4)5)25-16-22-27-26-21(28-22)15-18-9-7-6-8-10-18/h6-14,17,23,25H,15-16H2,1-5H3. The number of nitrogens with one attached hydrogen (secondary N) is 1. The summed E-state index contributed by atoms with van der Waals surface area (Å²) in [6.07, 6.45) is 0.662. The van der Waals surface area contributed by atoms with E-state index in [1.165, 1.54) is 16.7 Å². The molecule has 0 aliphatic heterocycles. The SMILES string of the molecule is CC(C)C(NCc1nnc(Cc2ccccc2)o1)c1ccc(C(C)(C)C)cc1. The Hall–Kier alpha value is -2.46. The second-order valence-corrected chi connectivity index (χ2v) is 8.73. The lowest BCUT2D eigenvalue weighted by Gasteiger charge is -2.24. The average molecular weight is 378 g/mol. The average Bonchev–Trinajstić information content (AvgIpc) is 3.09. The number of rotatable bonds is 7. The molecular weight excluding hydrogens is 346 g/mol. The summed E-state index contributed by atoms with van der Waals surface area (Å²) in [5.74, 6) is 1.73. The Bertz CT molecular complexity index is 861. The molecule has 0 spiro atoms. The van der Waals surface area contributed by atoms with E-state index in [1.54, 1.807) is 0 Å². The zero-order valence-corrected chi connectivity index (χ0v) is 17.6. The molecule has 0 amide bonds. The third-order valence-electron chi connectivity index (χ3n) is 4.98. The van der Waals surface area contributed by atoms with Crippen molar-refractivity contribution in [3.8, 4) is 0 Å². The number of aromatic nitrogens is 2. The van der Waals surface area contributed by atoms with E-state index in [2.05, 4.69) is 86.5 Å². The van der Waals surface area contributed by atoms with E-state index in [9.17, 15) is 0 Å². The molecule has 0 bridgehead atoms. The molecule has 28 heavy (non-hydrogen) atoms. The molecule has 0 saturated carbocycles. The first-order chi connectivity index (χ1) is 13.3. The molecule has 0 saturated heterocycles. The fourth-order valence-corrected chi connectivity index (χ4v) is 3.33. The minimum Gasteiger partial charge on any atom is -0.424 e. The van der Waals surface area contributed by atoms with Crippen LogP contribution in [-0.4, -0.2) is 10.2 Å². The monoisotopic (exact) mass is 377 g/mol. The molecule has 0 aliphatic rings. The molecule has 3 rings (SSSR count). The van der Waals surface area contributed by atoms with E-state index in [1.807, 2.05) is 18.2 Å². The van der Waals surface area contributed by atoms with E-state index < -0.39 is 0 Å². The summed E-state index contributed by atoms with van der Waals surface area (Å²) in [4.78, 5) is 0. The molecule has 148 valence electrons. The maximum atomic E-state index is 5.83. The smallest absolute Gasteiger partial charge is 0.230 e. The second-order valence-electron chi connectivity index (χ2n) is 8.73. The molecule has 1 aromatic heterocycles. The van der Waals surface area contributed by atoms with Gasteiger partial charge in [-0.05, 0) is 28.0 Å². The largest absolute Gasteiger partial charge is 0.424 e. The summed E-state index contributed by atoms with van der Waals surface area (Å²) < 4.78 is 5.83. The molecular formula is C24H31N3O. The van der Waals surface area contributed by atoms with Crippen molar-refractivity contribution < 1.29 is 4.42 Å². The van der Waals surface area contributed by atoms with Gasteiger partial charge in [0.05, 0.1) is 13.0 Å². The summed E-state index contributed by atoms with van der Waals surface area (Å²) in [5.41, 5.74) is 3.97. The van der Waals surface area contributed by atoms with Gasteiger partial charge in [0.2, 0.25) is 11.8 Å².